The molecule has 0 atom stereocenters. The summed E-state index contributed by atoms with van der Waals surface area (Å²) in [6, 6.07) is 0. The molecule has 1 heterocycles. The largest absolute Gasteiger partial charge is 0.466 e. The van der Waals surface area contributed by atoms with E-state index in [1.165, 1.54) is 0 Å². The molecule has 1 aromatic carbocycles. The summed E-state index contributed by atoms with van der Waals surface area (Å²) in [6.45, 7) is 6.08. The average molecular weight is 294 g/mol. The molecular formula is C15H22N2O4. The predicted octanol–water partition coefficient (Wildman–Crippen LogP) is 0.884. The molecule has 6 nitrogen and oxygen atoms in total. The molecule has 0 aliphatic carbocycles. The van der Waals surface area contributed by atoms with Crippen molar-refractivity contribution in [2.24, 2.45) is 5.92 Å². The number of nitrogens with one attached hydrogen (secondary N) is 1. The molecule has 0 aromatic heterocycles. The van der Waals surface area contributed by atoms with Crippen molar-refractivity contribution in [3.8, 4) is 0 Å². The second-order valence-corrected chi connectivity index (χ2v) is 5.32. The third-order valence-corrected chi connectivity index (χ3v) is 3.87. The van der Waals surface area contributed by atoms with Crippen LogP contribution in [0.4, 0.5) is 11.4 Å². The summed E-state index contributed by atoms with van der Waals surface area (Å²) < 4.78 is 5.03. The van der Waals surface area contributed by atoms with Gasteiger partial charge in [0.1, 0.15) is 11.4 Å². The van der Waals surface area contributed by atoms with E-state index in [1.54, 1.807) is 6.92 Å². The van der Waals surface area contributed by atoms with E-state index in [4.69, 9.17) is 4.74 Å². The summed E-state index contributed by atoms with van der Waals surface area (Å²) in [5, 5.41) is 3.03. The highest BCUT2D eigenvalue weighted by atomic mass is 16.5. The lowest BCUT2D eigenvalue weighted by molar-refractivity contribution is -0.148. The van der Waals surface area contributed by atoms with Crippen molar-refractivity contribution in [2.75, 3.05) is 36.5 Å². The van der Waals surface area contributed by atoms with Gasteiger partial charge >= 0.3 is 5.97 Å². The highest BCUT2D eigenvalue weighted by molar-refractivity contribution is 5.76. The minimum atomic E-state index is -0.425. The van der Waals surface area contributed by atoms with E-state index in [0.29, 0.717) is 50.5 Å². The van der Waals surface area contributed by atoms with E-state index >= 15 is 0 Å². The first kappa shape index (κ1) is 15.5. The van der Waals surface area contributed by atoms with Crippen molar-refractivity contribution in [1.29, 1.82) is 0 Å². The van der Waals surface area contributed by atoms with Crippen LogP contribution < -0.4 is 21.1 Å². The normalized spacial score (nSPS) is 16.2. The first-order valence-electron chi connectivity index (χ1n) is 7.58. The number of ether oxygens (including phenoxy) is 1. The van der Waals surface area contributed by atoms with Crippen LogP contribution >= 0.6 is 0 Å². The van der Waals surface area contributed by atoms with Gasteiger partial charge in [-0.1, -0.05) is 6.92 Å². The number of rotatable bonds is 6. The maximum atomic E-state index is 11.8. The van der Waals surface area contributed by atoms with Gasteiger partial charge < -0.3 is 15.0 Å². The lowest BCUT2D eigenvalue weighted by atomic mass is 9.96. The van der Waals surface area contributed by atoms with Gasteiger partial charge in [0.2, 0.25) is 0 Å². The maximum absolute atomic E-state index is 11.8. The van der Waals surface area contributed by atoms with Crippen LogP contribution in [0.15, 0.2) is 9.59 Å². The van der Waals surface area contributed by atoms with Gasteiger partial charge in [0.15, 0.2) is 0 Å². The van der Waals surface area contributed by atoms with Crippen molar-refractivity contribution in [1.82, 2.24) is 0 Å². The lowest BCUT2D eigenvalue weighted by Crippen LogP contribution is -2.46. The molecule has 0 unspecified atom stereocenters. The molecule has 1 saturated heterocycles. The Hall–Kier alpha value is -1.85. The van der Waals surface area contributed by atoms with Crippen molar-refractivity contribution >= 4 is 17.3 Å². The van der Waals surface area contributed by atoms with Crippen LogP contribution in [0, 0.1) is 5.92 Å². The smallest absolute Gasteiger partial charge is 0.309 e. The molecule has 1 aliphatic rings. The summed E-state index contributed by atoms with van der Waals surface area (Å²) in [4.78, 5) is 37.0. The first-order chi connectivity index (χ1) is 10.1. The fourth-order valence-electron chi connectivity index (χ4n) is 2.69. The van der Waals surface area contributed by atoms with E-state index < -0.39 is 10.9 Å². The van der Waals surface area contributed by atoms with Gasteiger partial charge in [-0.25, -0.2) is 0 Å². The molecule has 21 heavy (non-hydrogen) atoms. The molecule has 0 amide bonds. The molecule has 0 radical (unpaired) electrons. The van der Waals surface area contributed by atoms with E-state index in [0.717, 1.165) is 6.42 Å². The first-order valence-corrected chi connectivity index (χ1v) is 7.58. The van der Waals surface area contributed by atoms with Crippen LogP contribution in [-0.2, 0) is 9.53 Å². The third-order valence-electron chi connectivity index (χ3n) is 3.87. The monoisotopic (exact) mass is 294 g/mol. The Morgan fingerprint density at radius 3 is 2.48 bits per heavy atom. The second-order valence-electron chi connectivity index (χ2n) is 5.32. The van der Waals surface area contributed by atoms with Crippen molar-refractivity contribution < 1.29 is 9.53 Å². The minimum Gasteiger partial charge on any atom is -0.466 e. The number of hydrogen-bond acceptors (Lipinski definition) is 6. The van der Waals surface area contributed by atoms with Gasteiger partial charge in [0.05, 0.1) is 12.5 Å². The van der Waals surface area contributed by atoms with Gasteiger partial charge in [-0.3, -0.25) is 14.4 Å². The topological polar surface area (TPSA) is 75.7 Å². The number of esters is 1. The van der Waals surface area contributed by atoms with E-state index in [9.17, 15) is 14.4 Å². The summed E-state index contributed by atoms with van der Waals surface area (Å²) in [7, 11) is 0. The van der Waals surface area contributed by atoms with Gasteiger partial charge in [-0.2, -0.15) is 0 Å². The molecule has 1 fully saturated rings. The molecule has 1 aliphatic heterocycles. The van der Waals surface area contributed by atoms with E-state index in [-0.39, 0.29) is 11.9 Å². The minimum absolute atomic E-state index is 0.0975. The zero-order chi connectivity index (χ0) is 15.4. The molecule has 116 valence electrons. The van der Waals surface area contributed by atoms with Crippen molar-refractivity contribution in [3.05, 3.63) is 20.4 Å². The standard InChI is InChI=1S/C15H22N2O4/c1-3-7-16-11-12(14(19)13(11)18)17-8-5-10(6-9-17)15(20)21-4-2/h10,16H,3-9H2,1-2H3. The average Bonchev–Trinajstić information content (AvgIpc) is 2.51. The van der Waals surface area contributed by atoms with Gasteiger partial charge in [-0.05, 0) is 26.2 Å². The van der Waals surface area contributed by atoms with Crippen LogP contribution in [0.5, 0.6) is 0 Å². The van der Waals surface area contributed by atoms with Gasteiger partial charge in [0, 0.05) is 19.6 Å². The molecule has 6 heteroatoms. The Balaban J connectivity index is 2.00. The number of nitrogens with zero attached hydrogens (tertiary/aromatic N) is 1. The summed E-state index contributed by atoms with van der Waals surface area (Å²) in [5.74, 6) is -0.258. The van der Waals surface area contributed by atoms with E-state index in [2.05, 4.69) is 5.32 Å². The molecule has 1 aromatic rings. The number of hydrogen-bond donors (Lipinski definition) is 1. The van der Waals surface area contributed by atoms with Crippen LogP contribution in [0.1, 0.15) is 33.1 Å². The SMILES string of the molecule is CCCNc1c(N2CCC(C(=O)OCC)CC2)c(=O)c1=O. The van der Waals surface area contributed by atoms with Crippen molar-refractivity contribution in [2.45, 2.75) is 33.1 Å². The van der Waals surface area contributed by atoms with Crippen LogP contribution in [0.25, 0.3) is 0 Å². The van der Waals surface area contributed by atoms with Crippen LogP contribution in [0.3, 0.4) is 0 Å². The quantitative estimate of drug-likeness (QED) is 0.620. The molecule has 0 bridgehead atoms. The Labute approximate surface area is 123 Å². The second kappa shape index (κ2) is 6.74. The fourth-order valence-corrected chi connectivity index (χ4v) is 2.69. The Kier molecular flexibility index (Phi) is 4.98. The summed E-state index contributed by atoms with van der Waals surface area (Å²) in [6.07, 6.45) is 2.21. The zero-order valence-electron chi connectivity index (χ0n) is 12.6. The van der Waals surface area contributed by atoms with Crippen LogP contribution in [-0.4, -0.2) is 32.2 Å². The van der Waals surface area contributed by atoms with Crippen molar-refractivity contribution in [3.63, 3.8) is 0 Å². The summed E-state index contributed by atoms with van der Waals surface area (Å²) >= 11 is 0. The highest BCUT2D eigenvalue weighted by Gasteiger charge is 2.31. The lowest BCUT2D eigenvalue weighted by Gasteiger charge is -2.34. The zero-order valence-corrected chi connectivity index (χ0v) is 12.6. The molecule has 0 spiro atoms. The molecule has 2 rings (SSSR count). The number of carbonyl (C=O) groups is 1. The number of anilines is 2. The Morgan fingerprint density at radius 2 is 1.90 bits per heavy atom. The van der Waals surface area contributed by atoms with Gasteiger partial charge in [-0.15, -0.1) is 0 Å². The fraction of sp³-hybridized carbons (Fsp3) is 0.667. The summed E-state index contributed by atoms with van der Waals surface area (Å²) in [5.41, 5.74) is 0.0985. The number of carbonyl (C=O) groups excluding carboxylic acids is 1. The van der Waals surface area contributed by atoms with Gasteiger partial charge in [0.25, 0.3) is 10.9 Å². The number of piperidine rings is 1. The molecule has 1 N–H and O–H groups in total. The predicted molar refractivity (Wildman–Crippen MR) is 81.7 cm³/mol. The highest BCUT2D eigenvalue weighted by Crippen LogP contribution is 2.26. The molecule has 0 saturated carbocycles. The van der Waals surface area contributed by atoms with Crippen LogP contribution in [0.2, 0.25) is 0 Å². The molecular weight excluding hydrogens is 272 g/mol. The van der Waals surface area contributed by atoms with E-state index in [1.807, 2.05) is 11.8 Å². The Bertz CT molecular complexity index is 566. The third kappa shape index (κ3) is 3.09. The Morgan fingerprint density at radius 1 is 1.24 bits per heavy atom. The maximum Gasteiger partial charge on any atom is 0.309 e.